The first-order chi connectivity index (χ1) is 10.9. The largest absolute Gasteiger partial charge is 0.376 e. The minimum absolute atomic E-state index is 0.415. The maximum atomic E-state index is 13.4. The molecular weight excluding hydrogens is 362 g/mol. The molecule has 2 aromatic carbocycles. The van der Waals surface area contributed by atoms with Crippen molar-refractivity contribution in [1.29, 1.82) is 0 Å². The number of rotatable bonds is 3. The molecule has 0 heterocycles. The zero-order valence-electron chi connectivity index (χ0n) is 12.2. The third kappa shape index (κ3) is 3.14. The number of aliphatic hydroxyl groups is 1. The van der Waals surface area contributed by atoms with Gasteiger partial charge in [-0.2, -0.15) is 0 Å². The van der Waals surface area contributed by atoms with Gasteiger partial charge in [-0.15, -0.1) is 0 Å². The SMILES string of the molecule is O[C@](C1=CCC(F)(F)C=C1)(c1ccccc1)c1cccc(Br)c1. The Morgan fingerprint density at radius 1 is 1.00 bits per heavy atom. The van der Waals surface area contributed by atoms with Crippen LogP contribution >= 0.6 is 15.9 Å². The quantitative estimate of drug-likeness (QED) is 0.779. The topological polar surface area (TPSA) is 20.2 Å². The van der Waals surface area contributed by atoms with Crippen LogP contribution in [0.3, 0.4) is 0 Å². The van der Waals surface area contributed by atoms with Crippen molar-refractivity contribution >= 4 is 15.9 Å². The Kier molecular flexibility index (Phi) is 4.21. The van der Waals surface area contributed by atoms with Gasteiger partial charge in [-0.25, -0.2) is 8.78 Å². The predicted octanol–water partition coefficient (Wildman–Crippen LogP) is 5.21. The molecule has 2 aromatic rings. The van der Waals surface area contributed by atoms with Crippen LogP contribution in [0.15, 0.2) is 82.9 Å². The minimum atomic E-state index is -2.86. The molecule has 1 aliphatic rings. The molecule has 1 nitrogen and oxygen atoms in total. The second-order valence-electron chi connectivity index (χ2n) is 5.54. The van der Waals surface area contributed by atoms with E-state index in [4.69, 9.17) is 0 Å². The molecule has 1 atom stereocenters. The smallest absolute Gasteiger partial charge is 0.270 e. The van der Waals surface area contributed by atoms with Gasteiger partial charge in [0.1, 0.15) is 5.60 Å². The standard InChI is InChI=1S/C19H15BrF2O/c20-17-8-4-7-16(13-17)19(23,14-5-2-1-3-6-14)15-9-11-18(21,22)12-10-15/h1-11,13,23H,12H2/t19-/m0/s1. The zero-order chi connectivity index (χ0) is 16.5. The van der Waals surface area contributed by atoms with Crippen molar-refractivity contribution in [3.8, 4) is 0 Å². The molecular formula is C19H15BrF2O. The molecule has 0 aliphatic heterocycles. The van der Waals surface area contributed by atoms with E-state index in [0.29, 0.717) is 16.7 Å². The third-order valence-corrected chi connectivity index (χ3v) is 4.45. The van der Waals surface area contributed by atoms with Gasteiger partial charge in [0.05, 0.1) is 0 Å². The molecule has 0 amide bonds. The molecule has 0 fully saturated rings. The van der Waals surface area contributed by atoms with Gasteiger partial charge in [-0.05, 0) is 34.9 Å². The first kappa shape index (κ1) is 16.1. The molecule has 0 saturated heterocycles. The van der Waals surface area contributed by atoms with Gasteiger partial charge in [0, 0.05) is 10.9 Å². The third-order valence-electron chi connectivity index (χ3n) is 3.95. The Hall–Kier alpha value is -1.78. The Labute approximate surface area is 142 Å². The summed E-state index contributed by atoms with van der Waals surface area (Å²) in [6, 6.07) is 16.3. The molecule has 0 saturated carbocycles. The van der Waals surface area contributed by atoms with Crippen molar-refractivity contribution < 1.29 is 13.9 Å². The van der Waals surface area contributed by atoms with E-state index in [9.17, 15) is 13.9 Å². The van der Waals surface area contributed by atoms with E-state index in [2.05, 4.69) is 15.9 Å². The van der Waals surface area contributed by atoms with Gasteiger partial charge >= 0.3 is 0 Å². The number of alkyl halides is 2. The predicted molar refractivity (Wildman–Crippen MR) is 90.4 cm³/mol. The highest BCUT2D eigenvalue weighted by atomic mass is 79.9. The van der Waals surface area contributed by atoms with Crippen LogP contribution in [0, 0.1) is 0 Å². The first-order valence-corrected chi connectivity index (χ1v) is 8.03. The summed E-state index contributed by atoms with van der Waals surface area (Å²) < 4.78 is 27.6. The second kappa shape index (κ2) is 6.02. The van der Waals surface area contributed by atoms with Crippen LogP contribution < -0.4 is 0 Å². The molecule has 23 heavy (non-hydrogen) atoms. The zero-order valence-corrected chi connectivity index (χ0v) is 13.8. The van der Waals surface area contributed by atoms with Crippen molar-refractivity contribution in [2.75, 3.05) is 0 Å². The average Bonchev–Trinajstić information content (AvgIpc) is 2.55. The fourth-order valence-electron chi connectivity index (χ4n) is 2.76. The summed E-state index contributed by atoms with van der Waals surface area (Å²) in [5, 5.41) is 11.5. The van der Waals surface area contributed by atoms with E-state index in [0.717, 1.165) is 10.5 Å². The Bertz CT molecular complexity index is 768. The van der Waals surface area contributed by atoms with Gasteiger partial charge in [0.15, 0.2) is 0 Å². The molecule has 4 heteroatoms. The molecule has 1 N–H and O–H groups in total. The van der Waals surface area contributed by atoms with E-state index in [1.54, 1.807) is 24.3 Å². The molecule has 3 rings (SSSR count). The minimum Gasteiger partial charge on any atom is -0.376 e. The van der Waals surface area contributed by atoms with Gasteiger partial charge in [0.2, 0.25) is 0 Å². The van der Waals surface area contributed by atoms with Crippen molar-refractivity contribution in [3.63, 3.8) is 0 Å². The molecule has 0 aromatic heterocycles. The Morgan fingerprint density at radius 3 is 2.30 bits per heavy atom. The van der Waals surface area contributed by atoms with Crippen molar-refractivity contribution in [2.45, 2.75) is 17.9 Å². The summed E-state index contributed by atoms with van der Waals surface area (Å²) >= 11 is 3.40. The summed E-state index contributed by atoms with van der Waals surface area (Å²) in [7, 11) is 0. The van der Waals surface area contributed by atoms with Crippen molar-refractivity contribution in [2.24, 2.45) is 0 Å². The van der Waals surface area contributed by atoms with E-state index in [1.807, 2.05) is 30.3 Å². The monoisotopic (exact) mass is 376 g/mol. The summed E-state index contributed by atoms with van der Waals surface area (Å²) in [5.74, 6) is -2.86. The van der Waals surface area contributed by atoms with Gasteiger partial charge in [-0.1, -0.05) is 70.5 Å². The maximum absolute atomic E-state index is 13.4. The van der Waals surface area contributed by atoms with Crippen molar-refractivity contribution in [3.05, 3.63) is 94.0 Å². The van der Waals surface area contributed by atoms with Crippen LogP contribution in [0.1, 0.15) is 17.5 Å². The highest BCUT2D eigenvalue weighted by Gasteiger charge is 2.38. The molecule has 1 aliphatic carbocycles. The van der Waals surface area contributed by atoms with Crippen LogP contribution in [0.4, 0.5) is 8.78 Å². The van der Waals surface area contributed by atoms with E-state index in [1.165, 1.54) is 12.2 Å². The van der Waals surface area contributed by atoms with Crippen LogP contribution in [0.25, 0.3) is 0 Å². The molecule has 0 unspecified atom stereocenters. The Morgan fingerprint density at radius 2 is 1.70 bits per heavy atom. The number of halogens is 3. The molecule has 118 valence electrons. The summed E-state index contributed by atoms with van der Waals surface area (Å²) in [6.07, 6.45) is 3.17. The van der Waals surface area contributed by atoms with Gasteiger partial charge < -0.3 is 5.11 Å². The lowest BCUT2D eigenvalue weighted by atomic mass is 9.78. The summed E-state index contributed by atoms with van der Waals surface area (Å²) in [6.45, 7) is 0. The fourth-order valence-corrected chi connectivity index (χ4v) is 3.15. The highest BCUT2D eigenvalue weighted by molar-refractivity contribution is 9.10. The average molecular weight is 377 g/mol. The van der Waals surface area contributed by atoms with Crippen LogP contribution in [0.2, 0.25) is 0 Å². The Balaban J connectivity index is 2.16. The molecule has 0 bridgehead atoms. The first-order valence-electron chi connectivity index (χ1n) is 7.23. The maximum Gasteiger partial charge on any atom is 0.270 e. The lowest BCUT2D eigenvalue weighted by Crippen LogP contribution is -2.31. The molecule has 0 spiro atoms. The summed E-state index contributed by atoms with van der Waals surface area (Å²) in [5.41, 5.74) is 0.240. The number of benzene rings is 2. The van der Waals surface area contributed by atoms with Crippen molar-refractivity contribution in [1.82, 2.24) is 0 Å². The van der Waals surface area contributed by atoms with Crippen LogP contribution in [0.5, 0.6) is 0 Å². The number of hydrogen-bond donors (Lipinski definition) is 1. The number of allylic oxidation sites excluding steroid dienone is 2. The molecule has 0 radical (unpaired) electrons. The lowest BCUT2D eigenvalue weighted by molar-refractivity contribution is 0.0540. The van der Waals surface area contributed by atoms with Crippen LogP contribution in [-0.2, 0) is 5.60 Å². The van der Waals surface area contributed by atoms with E-state index in [-0.39, 0.29) is 0 Å². The fraction of sp³-hybridized carbons (Fsp3) is 0.158. The lowest BCUT2D eigenvalue weighted by Gasteiger charge is -2.33. The highest BCUT2D eigenvalue weighted by Crippen LogP contribution is 2.41. The number of hydrogen-bond acceptors (Lipinski definition) is 1. The van der Waals surface area contributed by atoms with Gasteiger partial charge in [0.25, 0.3) is 5.92 Å². The normalized spacial score (nSPS) is 19.0. The van der Waals surface area contributed by atoms with Gasteiger partial charge in [-0.3, -0.25) is 0 Å². The van der Waals surface area contributed by atoms with E-state index >= 15 is 0 Å². The summed E-state index contributed by atoms with van der Waals surface area (Å²) in [4.78, 5) is 0. The van der Waals surface area contributed by atoms with Crippen LogP contribution in [-0.4, -0.2) is 11.0 Å². The second-order valence-corrected chi connectivity index (χ2v) is 6.46. The van der Waals surface area contributed by atoms with E-state index < -0.39 is 17.9 Å².